The van der Waals surface area contributed by atoms with E-state index in [1.165, 1.54) is 0 Å². The smallest absolute Gasteiger partial charge is 0.0321 e. The molecule has 13 fully saturated rings. The lowest BCUT2D eigenvalue weighted by atomic mass is 9.40. The predicted molar refractivity (Wildman–Crippen MR) is 277 cm³/mol. The van der Waals surface area contributed by atoms with E-state index in [9.17, 15) is 0 Å². The van der Waals surface area contributed by atoms with E-state index in [4.69, 9.17) is 0 Å². The quantitative estimate of drug-likeness (QED) is 0.265. The molecule has 0 aromatic rings. The molecule has 0 nitrogen and oxygen atoms in total. The van der Waals surface area contributed by atoms with Gasteiger partial charge in [-0.1, -0.05) is 62.3 Å². The van der Waals surface area contributed by atoms with Crippen LogP contribution >= 0.6 is 0 Å². The second-order valence-electron chi connectivity index (χ2n) is 32.8. The molecule has 13 aliphatic rings. The van der Waals surface area contributed by atoms with E-state index in [1.807, 2.05) is 0 Å². The van der Waals surface area contributed by atoms with Crippen LogP contribution in [0.15, 0.2) is 0 Å². The molecule has 0 bridgehead atoms. The highest BCUT2D eigenvalue weighted by Crippen LogP contribution is 2.70. The average Bonchev–Trinajstić information content (AvgIpc) is 3.30. The van der Waals surface area contributed by atoms with Crippen LogP contribution in [0, 0.1) is 176 Å². The van der Waals surface area contributed by atoms with Gasteiger partial charge in [-0.3, -0.25) is 0 Å². The van der Waals surface area contributed by atoms with Crippen LogP contribution in [0.5, 0.6) is 0 Å². The van der Waals surface area contributed by atoms with Crippen molar-refractivity contribution in [1.82, 2.24) is 0 Å². The third-order valence-corrected chi connectivity index (χ3v) is 28.1. The summed E-state index contributed by atoms with van der Waals surface area (Å²) in [6, 6.07) is 0. The molecule has 24 unspecified atom stereocenters. The Balaban J connectivity index is 0.830. The summed E-state index contributed by atoms with van der Waals surface area (Å²) in [4.78, 5) is 0. The zero-order valence-electron chi connectivity index (χ0n) is 45.2. The summed E-state index contributed by atoms with van der Waals surface area (Å²) in [5.41, 5.74) is 1.49. The van der Waals surface area contributed by atoms with Crippen molar-refractivity contribution in [3.8, 4) is 0 Å². The molecular weight excluding hydrogens is 793 g/mol. The predicted octanol–water partition coefficient (Wildman–Crippen LogP) is 18.5. The van der Waals surface area contributed by atoms with Crippen LogP contribution < -0.4 is 0 Å². The molecule has 24 atom stereocenters. The van der Waals surface area contributed by atoms with Gasteiger partial charge in [0.15, 0.2) is 0 Å². The Hall–Kier alpha value is 0. The molecule has 0 radical (unpaired) electrons. The van der Waals surface area contributed by atoms with Gasteiger partial charge in [-0.05, 0) is 349 Å². The van der Waals surface area contributed by atoms with Gasteiger partial charge in [0.1, 0.15) is 0 Å². The Kier molecular flexibility index (Phi) is 11.6. The molecule has 0 spiro atoms. The molecule has 0 aromatic carbocycles. The van der Waals surface area contributed by atoms with E-state index in [2.05, 4.69) is 62.3 Å². The lowest BCUT2D eigenvalue weighted by molar-refractivity contribution is -0.158. The van der Waals surface area contributed by atoms with E-state index < -0.39 is 0 Å². The first-order chi connectivity index (χ1) is 31.6. The minimum absolute atomic E-state index is 0.497. The lowest BCUT2D eigenvalue weighted by Gasteiger charge is -2.65. The summed E-state index contributed by atoms with van der Waals surface area (Å²) in [5, 5.41) is 0. The Morgan fingerprint density at radius 2 is 0.364 bits per heavy atom. The van der Waals surface area contributed by atoms with Gasteiger partial charge in [-0.2, -0.15) is 0 Å². The highest BCUT2D eigenvalue weighted by molar-refractivity contribution is 5.12. The fraction of sp³-hybridized carbons (Fsp3) is 1.00. The monoisotopic (exact) mass is 901 g/mol. The van der Waals surface area contributed by atoms with Gasteiger partial charge in [0.05, 0.1) is 0 Å². The molecule has 13 aliphatic carbocycles. The summed E-state index contributed by atoms with van der Waals surface area (Å²) in [6.45, 7) is 23.8. The zero-order chi connectivity index (χ0) is 45.2. The molecule has 0 aliphatic heterocycles. The number of rotatable bonds is 3. The van der Waals surface area contributed by atoms with Gasteiger partial charge in [0.2, 0.25) is 0 Å². The third kappa shape index (κ3) is 7.34. The fourth-order valence-corrected chi connectivity index (χ4v) is 26.5. The maximum Gasteiger partial charge on any atom is -0.0321 e. The summed E-state index contributed by atoms with van der Waals surface area (Å²) in [5.74, 6) is 29.1. The van der Waals surface area contributed by atoms with Crippen LogP contribution in [0.25, 0.3) is 0 Å². The SMILES string of the molecule is CC(C)(C)C1CCC2CCC3C(C4CC(C5CCC6CCC7C8C(CCC5C68)CCC7C(C)(C)C)CC(C5CCC6CCC7C8C(CCC5C68)CCC7C(C)(C)C)C4)CCC4CCC1C2C43. The molecule has 0 heterocycles. The first-order valence-corrected chi connectivity index (χ1v) is 31.6. The molecule has 66 heavy (non-hydrogen) atoms. The van der Waals surface area contributed by atoms with Crippen molar-refractivity contribution in [2.24, 2.45) is 176 Å². The van der Waals surface area contributed by atoms with Crippen molar-refractivity contribution in [1.29, 1.82) is 0 Å². The van der Waals surface area contributed by atoms with E-state index in [0.717, 1.165) is 160 Å². The first kappa shape index (κ1) is 45.8. The maximum absolute atomic E-state index is 2.64. The lowest BCUT2D eigenvalue weighted by Crippen LogP contribution is -2.57. The molecule has 0 heteroatoms. The Morgan fingerprint density at radius 3 is 0.591 bits per heavy atom. The summed E-state index contributed by atoms with van der Waals surface area (Å²) >= 11 is 0. The first-order valence-electron chi connectivity index (χ1n) is 31.6. The Morgan fingerprint density at radius 1 is 0.182 bits per heavy atom. The third-order valence-electron chi connectivity index (χ3n) is 28.1. The number of hydrogen-bond acceptors (Lipinski definition) is 0. The molecule has 0 amide bonds. The van der Waals surface area contributed by atoms with Crippen molar-refractivity contribution >= 4 is 0 Å². The molecule has 13 rings (SSSR count). The van der Waals surface area contributed by atoms with E-state index >= 15 is 0 Å². The molecule has 0 N–H and O–H groups in total. The average molecular weight is 902 g/mol. The highest BCUT2D eigenvalue weighted by Gasteiger charge is 2.63. The second kappa shape index (κ2) is 16.8. The molecule has 372 valence electrons. The van der Waals surface area contributed by atoms with E-state index in [-0.39, 0.29) is 0 Å². The summed E-state index contributed by atoms with van der Waals surface area (Å²) in [7, 11) is 0. The highest BCUT2D eigenvalue weighted by atomic mass is 14.7. The van der Waals surface area contributed by atoms with Crippen LogP contribution in [-0.4, -0.2) is 0 Å². The largest absolute Gasteiger partial charge is 0.0599 e. The van der Waals surface area contributed by atoms with Gasteiger partial charge in [-0.15, -0.1) is 0 Å². The fourth-order valence-electron chi connectivity index (χ4n) is 26.5. The normalized spacial score (nSPS) is 56.6. The van der Waals surface area contributed by atoms with Gasteiger partial charge >= 0.3 is 0 Å². The molecule has 0 aromatic heterocycles. The van der Waals surface area contributed by atoms with Gasteiger partial charge in [-0.25, -0.2) is 0 Å². The summed E-state index contributed by atoms with van der Waals surface area (Å²) < 4.78 is 0. The van der Waals surface area contributed by atoms with Gasteiger partial charge < -0.3 is 0 Å². The van der Waals surface area contributed by atoms with Gasteiger partial charge in [0, 0.05) is 0 Å². The maximum atomic E-state index is 2.64. The minimum atomic E-state index is 0.497. The van der Waals surface area contributed by atoms with E-state index in [1.54, 1.807) is 173 Å². The van der Waals surface area contributed by atoms with Gasteiger partial charge in [0.25, 0.3) is 0 Å². The number of hydrogen-bond donors (Lipinski definition) is 0. The van der Waals surface area contributed by atoms with Crippen molar-refractivity contribution in [3.63, 3.8) is 0 Å². The Labute approximate surface area is 409 Å². The second-order valence-corrected chi connectivity index (χ2v) is 32.8. The topological polar surface area (TPSA) is 0 Å². The molecule has 0 saturated heterocycles. The molecule has 13 saturated carbocycles. The van der Waals surface area contributed by atoms with Crippen LogP contribution in [-0.2, 0) is 0 Å². The van der Waals surface area contributed by atoms with Crippen LogP contribution in [0.4, 0.5) is 0 Å². The minimum Gasteiger partial charge on any atom is -0.0599 e. The van der Waals surface area contributed by atoms with E-state index in [0.29, 0.717) is 16.2 Å². The Bertz CT molecular complexity index is 1520. The van der Waals surface area contributed by atoms with Crippen molar-refractivity contribution in [2.45, 2.75) is 236 Å². The van der Waals surface area contributed by atoms with Crippen LogP contribution in [0.3, 0.4) is 0 Å². The standard InChI is InChI=1S/C66H108/c1-64(2,3)55-31-19-40-13-25-49-46(22-10-37-16-28-52(55)61(40)58(37)49)43-34-44(47-23-11-38-17-29-53-56(65(4,5)6)32-20-41-14-26-50(47)59(38)62(41)53)36-45(35-43)48-24-12-39-18-30-54-57(66(7,8)9)33-21-42-15-27-51(48)60(39)63(42)54/h37-63H,10-36H2,1-9H3. The van der Waals surface area contributed by atoms with Crippen LogP contribution in [0.2, 0.25) is 0 Å². The molecular formula is C66H108. The zero-order valence-corrected chi connectivity index (χ0v) is 45.2. The van der Waals surface area contributed by atoms with Crippen LogP contribution in [0.1, 0.15) is 236 Å². The van der Waals surface area contributed by atoms with Crippen molar-refractivity contribution < 1.29 is 0 Å². The van der Waals surface area contributed by atoms with Crippen molar-refractivity contribution in [3.05, 3.63) is 0 Å². The summed E-state index contributed by atoms with van der Waals surface area (Å²) in [6.07, 6.45) is 43.9. The van der Waals surface area contributed by atoms with Crippen molar-refractivity contribution in [2.75, 3.05) is 0 Å².